The average Bonchev–Trinajstić information content (AvgIpc) is 3.29. The zero-order chi connectivity index (χ0) is 19.4. The van der Waals surface area contributed by atoms with Crippen molar-refractivity contribution in [1.82, 2.24) is 20.2 Å². The summed E-state index contributed by atoms with van der Waals surface area (Å²) in [5, 5.41) is 7.19. The maximum atomic E-state index is 5.09. The molecule has 5 heterocycles. The number of aromatic nitrogens is 2. The van der Waals surface area contributed by atoms with Crippen LogP contribution in [0.1, 0.15) is 35.2 Å². The molecule has 6 rings (SSSR count). The average molecular weight is 390 g/mol. The van der Waals surface area contributed by atoms with E-state index in [1.54, 1.807) is 0 Å². The minimum Gasteiger partial charge on any atom is -0.340 e. The number of hydrogen-bond donors (Lipinski definition) is 2. The molecule has 2 fully saturated rings. The van der Waals surface area contributed by atoms with E-state index in [1.807, 2.05) is 6.21 Å². The molecule has 29 heavy (non-hydrogen) atoms. The third-order valence-electron chi connectivity index (χ3n) is 6.75. The van der Waals surface area contributed by atoms with E-state index in [9.17, 15) is 0 Å². The number of fused-ring (bicyclic) bond motifs is 4. The number of rotatable bonds is 3. The van der Waals surface area contributed by atoms with Crippen LogP contribution >= 0.6 is 0 Å². The second-order valence-electron chi connectivity index (χ2n) is 8.74. The number of likely N-dealkylation sites (N-methyl/N-ethyl adjacent to an activating group) is 1. The van der Waals surface area contributed by atoms with E-state index in [4.69, 9.17) is 9.97 Å². The normalized spacial score (nSPS) is 25.2. The highest BCUT2D eigenvalue weighted by atomic mass is 15.4. The van der Waals surface area contributed by atoms with Crippen molar-refractivity contribution in [2.75, 3.05) is 36.9 Å². The predicted molar refractivity (Wildman–Crippen MR) is 115 cm³/mol. The van der Waals surface area contributed by atoms with Crippen LogP contribution in [0.4, 0.5) is 17.5 Å². The van der Waals surface area contributed by atoms with Gasteiger partial charge in [0.2, 0.25) is 5.95 Å². The summed E-state index contributed by atoms with van der Waals surface area (Å²) in [5.41, 5.74) is 6.00. The number of nitrogens with one attached hydrogen (secondary N) is 2. The van der Waals surface area contributed by atoms with Gasteiger partial charge in [-0.15, -0.1) is 0 Å². The van der Waals surface area contributed by atoms with Crippen LogP contribution in [0.3, 0.4) is 0 Å². The number of anilines is 3. The van der Waals surface area contributed by atoms with Crippen LogP contribution in [-0.2, 0) is 19.5 Å². The molecule has 2 N–H and O–H groups in total. The highest BCUT2D eigenvalue weighted by Gasteiger charge is 2.38. The van der Waals surface area contributed by atoms with Gasteiger partial charge in [0.1, 0.15) is 5.82 Å². The van der Waals surface area contributed by atoms with Gasteiger partial charge in [-0.1, -0.05) is 6.07 Å². The minimum atomic E-state index is 0.516. The Morgan fingerprint density at radius 1 is 1.14 bits per heavy atom. The van der Waals surface area contributed by atoms with Crippen molar-refractivity contribution in [1.29, 1.82) is 0 Å². The number of nitrogens with zero attached hydrogens (tertiary/aromatic N) is 5. The Labute approximate surface area is 171 Å². The van der Waals surface area contributed by atoms with E-state index in [0.717, 1.165) is 56.6 Å². The number of hydrogen-bond acceptors (Lipinski definition) is 7. The first-order chi connectivity index (χ1) is 14.2. The molecule has 4 aliphatic heterocycles. The number of piperazine rings is 1. The van der Waals surface area contributed by atoms with Crippen LogP contribution in [0.25, 0.3) is 0 Å². The van der Waals surface area contributed by atoms with Gasteiger partial charge >= 0.3 is 0 Å². The lowest BCUT2D eigenvalue weighted by Gasteiger charge is -2.36. The molecule has 7 nitrogen and oxygen atoms in total. The number of benzene rings is 1. The van der Waals surface area contributed by atoms with Crippen molar-refractivity contribution in [3.05, 3.63) is 40.6 Å². The molecule has 2 saturated heterocycles. The van der Waals surface area contributed by atoms with E-state index in [1.165, 1.54) is 35.2 Å². The Morgan fingerprint density at radius 3 is 2.86 bits per heavy atom. The fourth-order valence-corrected chi connectivity index (χ4v) is 5.18. The van der Waals surface area contributed by atoms with Crippen LogP contribution in [-0.4, -0.2) is 59.8 Å². The summed E-state index contributed by atoms with van der Waals surface area (Å²) in [4.78, 5) is 19.4. The Kier molecular flexibility index (Phi) is 4.06. The zero-order valence-electron chi connectivity index (χ0n) is 16.9. The summed E-state index contributed by atoms with van der Waals surface area (Å²) in [7, 11) is 2.17. The zero-order valence-corrected chi connectivity index (χ0v) is 16.9. The third kappa shape index (κ3) is 3.00. The Balaban J connectivity index is 1.40. The molecule has 4 aliphatic rings. The van der Waals surface area contributed by atoms with Gasteiger partial charge in [0.15, 0.2) is 0 Å². The second kappa shape index (κ2) is 6.78. The topological polar surface area (TPSA) is 68.7 Å². The molecule has 2 atom stereocenters. The van der Waals surface area contributed by atoms with Crippen molar-refractivity contribution in [2.24, 2.45) is 4.99 Å². The standard InChI is InChI=1S/C22H27N7/c1-28-7-6-20-19(13-28)21(25-16-3-2-14-9-23-10-15(14)8-16)27-22(26-20)29-17-4-5-18(29)12-24-11-17/h2-3,8,10,17-18,24H,4-7,9,11-13H2,1H3,(H,25,26,27). The van der Waals surface area contributed by atoms with Gasteiger partial charge in [-0.25, -0.2) is 4.98 Å². The van der Waals surface area contributed by atoms with Crippen molar-refractivity contribution in [2.45, 2.75) is 44.4 Å². The van der Waals surface area contributed by atoms with Gasteiger partial charge in [-0.2, -0.15) is 4.98 Å². The lowest BCUT2D eigenvalue weighted by Crippen LogP contribution is -2.52. The smallest absolute Gasteiger partial charge is 0.228 e. The molecule has 2 bridgehead atoms. The molecular formula is C22H27N7. The summed E-state index contributed by atoms with van der Waals surface area (Å²) in [6.45, 7) is 4.80. The SMILES string of the molecule is CN1CCc2nc(N3C4CCC3CNC4)nc(Nc3ccc4c(c3)C=NC4)c2C1. The Morgan fingerprint density at radius 2 is 2.00 bits per heavy atom. The van der Waals surface area contributed by atoms with Gasteiger partial charge in [0.05, 0.1) is 12.2 Å². The summed E-state index contributed by atoms with van der Waals surface area (Å²) in [5.74, 6) is 1.87. The summed E-state index contributed by atoms with van der Waals surface area (Å²) in [6, 6.07) is 7.52. The van der Waals surface area contributed by atoms with Crippen LogP contribution in [0.2, 0.25) is 0 Å². The molecule has 0 amide bonds. The van der Waals surface area contributed by atoms with E-state index in [0.29, 0.717) is 12.1 Å². The van der Waals surface area contributed by atoms with Gasteiger partial charge in [0.25, 0.3) is 0 Å². The minimum absolute atomic E-state index is 0.516. The summed E-state index contributed by atoms with van der Waals surface area (Å²) in [6.07, 6.45) is 5.41. The quantitative estimate of drug-likeness (QED) is 0.838. The highest BCUT2D eigenvalue weighted by Crippen LogP contribution is 2.34. The fraction of sp³-hybridized carbons (Fsp3) is 0.500. The molecule has 2 aromatic rings. The van der Waals surface area contributed by atoms with Crippen molar-refractivity contribution < 1.29 is 0 Å². The van der Waals surface area contributed by atoms with Crippen molar-refractivity contribution in [3.8, 4) is 0 Å². The third-order valence-corrected chi connectivity index (χ3v) is 6.75. The van der Waals surface area contributed by atoms with Crippen molar-refractivity contribution in [3.63, 3.8) is 0 Å². The van der Waals surface area contributed by atoms with Crippen LogP contribution < -0.4 is 15.5 Å². The number of aliphatic imine (C=N–C) groups is 1. The van der Waals surface area contributed by atoms with E-state index >= 15 is 0 Å². The van der Waals surface area contributed by atoms with Crippen LogP contribution in [0, 0.1) is 0 Å². The van der Waals surface area contributed by atoms with Gasteiger partial charge in [0, 0.05) is 62.1 Å². The molecule has 0 aliphatic carbocycles. The van der Waals surface area contributed by atoms with Gasteiger partial charge in [-0.3, -0.25) is 4.99 Å². The Hall–Kier alpha value is -2.51. The van der Waals surface area contributed by atoms with E-state index in [-0.39, 0.29) is 0 Å². The lowest BCUT2D eigenvalue weighted by atomic mass is 10.1. The van der Waals surface area contributed by atoms with Crippen molar-refractivity contribution >= 4 is 23.7 Å². The maximum absolute atomic E-state index is 5.09. The first-order valence-electron chi connectivity index (χ1n) is 10.7. The first-order valence-corrected chi connectivity index (χ1v) is 10.7. The van der Waals surface area contributed by atoms with Crippen LogP contribution in [0.15, 0.2) is 23.2 Å². The monoisotopic (exact) mass is 389 g/mol. The van der Waals surface area contributed by atoms with Gasteiger partial charge in [-0.05, 0) is 43.1 Å². The maximum Gasteiger partial charge on any atom is 0.228 e. The van der Waals surface area contributed by atoms with E-state index < -0.39 is 0 Å². The lowest BCUT2D eigenvalue weighted by molar-refractivity contribution is 0.309. The Bertz CT molecular complexity index is 969. The molecule has 0 saturated carbocycles. The summed E-state index contributed by atoms with van der Waals surface area (Å²) >= 11 is 0. The largest absolute Gasteiger partial charge is 0.340 e. The summed E-state index contributed by atoms with van der Waals surface area (Å²) < 4.78 is 0. The van der Waals surface area contributed by atoms with E-state index in [2.05, 4.69) is 50.7 Å². The molecule has 0 radical (unpaired) electrons. The predicted octanol–water partition coefficient (Wildman–Crippen LogP) is 2.08. The second-order valence-corrected chi connectivity index (χ2v) is 8.74. The molecule has 0 spiro atoms. The molecular weight excluding hydrogens is 362 g/mol. The molecule has 2 unspecified atom stereocenters. The van der Waals surface area contributed by atoms with Crippen LogP contribution in [0.5, 0.6) is 0 Å². The molecule has 7 heteroatoms. The fourth-order valence-electron chi connectivity index (χ4n) is 5.18. The first kappa shape index (κ1) is 17.4. The molecule has 1 aromatic carbocycles. The highest BCUT2D eigenvalue weighted by molar-refractivity contribution is 5.86. The molecule has 1 aromatic heterocycles. The molecule has 150 valence electrons. The van der Waals surface area contributed by atoms with Gasteiger partial charge < -0.3 is 20.4 Å².